The summed E-state index contributed by atoms with van der Waals surface area (Å²) in [5.41, 5.74) is -3.27. The van der Waals surface area contributed by atoms with Crippen molar-refractivity contribution < 1.29 is 37.3 Å². The van der Waals surface area contributed by atoms with Crippen LogP contribution in [0.15, 0.2) is 36.4 Å². The highest BCUT2D eigenvalue weighted by molar-refractivity contribution is 7.81. The van der Waals surface area contributed by atoms with Crippen molar-refractivity contribution in [2.24, 2.45) is 0 Å². The minimum atomic E-state index is -4.83. The predicted molar refractivity (Wildman–Crippen MR) is 118 cm³/mol. The molecular formula is C22H19F4N3O4S. The van der Waals surface area contributed by atoms with Crippen LogP contribution in [0.5, 0.6) is 5.75 Å². The van der Waals surface area contributed by atoms with Gasteiger partial charge in [0.1, 0.15) is 11.6 Å². The molecule has 180 valence electrons. The Hall–Kier alpha value is -3.27. The lowest BCUT2D eigenvalue weighted by Crippen LogP contribution is -2.44. The number of benzene rings is 2. The van der Waals surface area contributed by atoms with Crippen LogP contribution in [0.4, 0.5) is 28.9 Å². The van der Waals surface area contributed by atoms with E-state index in [-0.39, 0.29) is 22.2 Å². The van der Waals surface area contributed by atoms with Gasteiger partial charge < -0.3 is 19.8 Å². The van der Waals surface area contributed by atoms with E-state index in [1.807, 2.05) is 0 Å². The normalized spacial score (nSPS) is 15.8. The van der Waals surface area contributed by atoms with Crippen molar-refractivity contribution in [3.63, 3.8) is 0 Å². The molecule has 12 heteroatoms. The summed E-state index contributed by atoms with van der Waals surface area (Å²) in [6.45, 7) is 1.86. The van der Waals surface area contributed by atoms with E-state index in [0.717, 1.165) is 17.0 Å². The fourth-order valence-corrected chi connectivity index (χ4v) is 4.02. The van der Waals surface area contributed by atoms with Gasteiger partial charge in [-0.2, -0.15) is 18.4 Å². The SMILES string of the molecule is CC1(C)C(=O)N(c2ccc(C#N)c(C(F)(F)F)c2)C(=S)N1c1ccc(OC(CO)CO)c(F)c1. The van der Waals surface area contributed by atoms with E-state index in [4.69, 9.17) is 32.4 Å². The van der Waals surface area contributed by atoms with Gasteiger partial charge in [-0.05, 0) is 56.4 Å². The van der Waals surface area contributed by atoms with Crippen LogP contribution >= 0.6 is 12.2 Å². The molecule has 0 aromatic heterocycles. The lowest BCUT2D eigenvalue weighted by Gasteiger charge is -2.29. The number of aliphatic hydroxyl groups is 2. The summed E-state index contributed by atoms with van der Waals surface area (Å²) in [6.07, 6.45) is -5.87. The van der Waals surface area contributed by atoms with Crippen LogP contribution in [-0.4, -0.2) is 46.1 Å². The number of anilines is 2. The summed E-state index contributed by atoms with van der Waals surface area (Å²) in [4.78, 5) is 15.4. The Labute approximate surface area is 197 Å². The highest BCUT2D eigenvalue weighted by Gasteiger charge is 2.50. The molecule has 0 bridgehead atoms. The van der Waals surface area contributed by atoms with Crippen molar-refractivity contribution in [1.29, 1.82) is 5.26 Å². The van der Waals surface area contributed by atoms with E-state index in [9.17, 15) is 22.4 Å². The molecule has 3 rings (SSSR count). The van der Waals surface area contributed by atoms with Crippen molar-refractivity contribution in [1.82, 2.24) is 0 Å². The summed E-state index contributed by atoms with van der Waals surface area (Å²) in [7, 11) is 0. The van der Waals surface area contributed by atoms with Crippen LogP contribution in [0.25, 0.3) is 0 Å². The average Bonchev–Trinajstić information content (AvgIpc) is 2.95. The second-order valence-corrected chi connectivity index (χ2v) is 8.24. The summed E-state index contributed by atoms with van der Waals surface area (Å²) in [5, 5.41) is 27.1. The smallest absolute Gasteiger partial charge is 0.417 e. The number of rotatable bonds is 6. The molecule has 1 heterocycles. The first kappa shape index (κ1) is 25.4. The Balaban J connectivity index is 2.02. The van der Waals surface area contributed by atoms with Crippen molar-refractivity contribution in [3.05, 3.63) is 53.3 Å². The third-order valence-electron chi connectivity index (χ3n) is 5.23. The standard InChI is InChI=1S/C22H19F4N3O4S/c1-21(2)19(32)28(13-4-3-12(9-27)16(7-13)22(24,25)26)20(34)29(21)14-5-6-18(17(23)8-14)33-15(10-30)11-31/h3-8,15,30-31H,10-11H2,1-2H3. The molecule has 0 radical (unpaired) electrons. The van der Waals surface area contributed by atoms with Crippen LogP contribution in [0, 0.1) is 17.1 Å². The molecule has 2 aromatic carbocycles. The molecule has 2 N–H and O–H groups in total. The van der Waals surface area contributed by atoms with E-state index in [0.29, 0.717) is 6.07 Å². The number of ether oxygens (including phenoxy) is 1. The second kappa shape index (κ2) is 9.17. The lowest BCUT2D eigenvalue weighted by atomic mass is 10.0. The molecule has 1 amide bonds. The number of nitriles is 1. The molecule has 1 fully saturated rings. The van der Waals surface area contributed by atoms with E-state index >= 15 is 0 Å². The Kier molecular flexibility index (Phi) is 6.84. The fourth-order valence-electron chi connectivity index (χ4n) is 3.50. The predicted octanol–water partition coefficient (Wildman–Crippen LogP) is 3.36. The summed E-state index contributed by atoms with van der Waals surface area (Å²) in [5.74, 6) is -1.78. The summed E-state index contributed by atoms with van der Waals surface area (Å²) >= 11 is 5.40. The molecule has 0 atom stereocenters. The molecule has 34 heavy (non-hydrogen) atoms. The van der Waals surface area contributed by atoms with Crippen LogP contribution in [-0.2, 0) is 11.0 Å². The summed E-state index contributed by atoms with van der Waals surface area (Å²) in [6, 6.07) is 7.90. The number of aliphatic hydroxyl groups excluding tert-OH is 2. The van der Waals surface area contributed by atoms with Crippen molar-refractivity contribution in [2.45, 2.75) is 31.7 Å². The number of carbonyl (C=O) groups is 1. The molecule has 0 aliphatic carbocycles. The van der Waals surface area contributed by atoms with E-state index in [2.05, 4.69) is 0 Å². The molecule has 0 unspecified atom stereocenters. The van der Waals surface area contributed by atoms with E-state index in [1.165, 1.54) is 43.0 Å². The lowest BCUT2D eigenvalue weighted by molar-refractivity contribution is -0.137. The Morgan fingerprint density at radius 2 is 1.76 bits per heavy atom. The number of alkyl halides is 3. The molecule has 7 nitrogen and oxygen atoms in total. The first-order chi connectivity index (χ1) is 15.9. The van der Waals surface area contributed by atoms with Crippen LogP contribution in [0.1, 0.15) is 25.0 Å². The van der Waals surface area contributed by atoms with Gasteiger partial charge in [0, 0.05) is 11.8 Å². The maximum atomic E-state index is 14.7. The highest BCUT2D eigenvalue weighted by Crippen LogP contribution is 2.40. The third-order valence-corrected chi connectivity index (χ3v) is 5.59. The van der Waals surface area contributed by atoms with Crippen molar-refractivity contribution in [3.8, 4) is 11.8 Å². The molecular weight excluding hydrogens is 478 g/mol. The maximum Gasteiger partial charge on any atom is 0.417 e. The quantitative estimate of drug-likeness (QED) is 0.467. The maximum absolute atomic E-state index is 14.7. The zero-order valence-electron chi connectivity index (χ0n) is 17.9. The number of halogens is 4. The van der Waals surface area contributed by atoms with Gasteiger partial charge in [-0.3, -0.25) is 9.69 Å². The van der Waals surface area contributed by atoms with Gasteiger partial charge in [0.05, 0.1) is 36.1 Å². The Bertz CT molecular complexity index is 1180. The van der Waals surface area contributed by atoms with E-state index < -0.39 is 53.9 Å². The molecule has 0 spiro atoms. The minimum Gasteiger partial charge on any atom is -0.483 e. The number of hydrogen-bond donors (Lipinski definition) is 2. The van der Waals surface area contributed by atoms with Gasteiger partial charge >= 0.3 is 6.18 Å². The topological polar surface area (TPSA) is 97.0 Å². The zero-order chi connectivity index (χ0) is 25.4. The summed E-state index contributed by atoms with van der Waals surface area (Å²) < 4.78 is 60.2. The van der Waals surface area contributed by atoms with Crippen molar-refractivity contribution in [2.75, 3.05) is 23.0 Å². The van der Waals surface area contributed by atoms with Gasteiger partial charge in [-0.15, -0.1) is 0 Å². The largest absolute Gasteiger partial charge is 0.483 e. The molecule has 0 saturated carbocycles. The minimum absolute atomic E-state index is 0.130. The number of thiocarbonyl (C=S) groups is 1. The van der Waals surface area contributed by atoms with Gasteiger partial charge in [0.2, 0.25) is 0 Å². The molecule has 1 aliphatic rings. The average molecular weight is 497 g/mol. The van der Waals surface area contributed by atoms with Crippen LogP contribution in [0.3, 0.4) is 0 Å². The van der Waals surface area contributed by atoms with Gasteiger partial charge in [-0.25, -0.2) is 4.39 Å². The molecule has 1 aliphatic heterocycles. The van der Waals surface area contributed by atoms with Crippen LogP contribution < -0.4 is 14.5 Å². The second-order valence-electron chi connectivity index (χ2n) is 7.88. The highest BCUT2D eigenvalue weighted by atomic mass is 32.1. The first-order valence-electron chi connectivity index (χ1n) is 9.84. The molecule has 1 saturated heterocycles. The van der Waals surface area contributed by atoms with Gasteiger partial charge in [-0.1, -0.05) is 0 Å². The van der Waals surface area contributed by atoms with Gasteiger partial charge in [0.15, 0.2) is 16.7 Å². The zero-order valence-corrected chi connectivity index (χ0v) is 18.7. The number of hydrogen-bond acceptors (Lipinski definition) is 6. The first-order valence-corrected chi connectivity index (χ1v) is 10.3. The van der Waals surface area contributed by atoms with Crippen LogP contribution in [0.2, 0.25) is 0 Å². The monoisotopic (exact) mass is 497 g/mol. The Morgan fingerprint density at radius 1 is 1.15 bits per heavy atom. The number of carbonyl (C=O) groups excluding carboxylic acids is 1. The van der Waals surface area contributed by atoms with Crippen molar-refractivity contribution >= 4 is 34.6 Å². The number of amides is 1. The fraction of sp³-hybridized carbons (Fsp3) is 0.318. The number of nitrogens with zero attached hydrogens (tertiary/aromatic N) is 3. The third kappa shape index (κ3) is 4.42. The Morgan fingerprint density at radius 3 is 2.29 bits per heavy atom. The van der Waals surface area contributed by atoms with E-state index in [1.54, 1.807) is 0 Å². The van der Waals surface area contributed by atoms with Gasteiger partial charge in [0.25, 0.3) is 5.91 Å². The molecule has 2 aromatic rings.